The van der Waals surface area contributed by atoms with Gasteiger partial charge in [-0.15, -0.1) is 0 Å². The summed E-state index contributed by atoms with van der Waals surface area (Å²) in [5.74, 6) is 1.33. The smallest absolute Gasteiger partial charge is 0.255 e. The Bertz CT molecular complexity index is 868. The van der Waals surface area contributed by atoms with Crippen LogP contribution in [0.4, 0.5) is 11.4 Å². The highest BCUT2D eigenvalue weighted by atomic mass is 16.5. The molecule has 31 heavy (non-hydrogen) atoms. The van der Waals surface area contributed by atoms with Gasteiger partial charge in [-0.25, -0.2) is 0 Å². The fraction of sp³-hybridized carbons (Fsp3) is 0.440. The van der Waals surface area contributed by atoms with E-state index < -0.39 is 0 Å². The minimum atomic E-state index is -0.149. The van der Waals surface area contributed by atoms with Crippen molar-refractivity contribution in [3.05, 3.63) is 54.1 Å². The Morgan fingerprint density at radius 2 is 1.52 bits per heavy atom. The van der Waals surface area contributed by atoms with Gasteiger partial charge in [0.15, 0.2) is 0 Å². The molecule has 6 nitrogen and oxygen atoms in total. The highest BCUT2D eigenvalue weighted by Crippen LogP contribution is 2.21. The van der Waals surface area contributed by atoms with Gasteiger partial charge in [-0.1, -0.05) is 27.7 Å². The molecule has 2 aromatic carbocycles. The van der Waals surface area contributed by atoms with Crippen LogP contribution in [0.25, 0.3) is 0 Å². The summed E-state index contributed by atoms with van der Waals surface area (Å²) in [5, 5.41) is 2.94. The first-order valence-electron chi connectivity index (χ1n) is 11.0. The van der Waals surface area contributed by atoms with Gasteiger partial charge in [0.05, 0.1) is 6.61 Å². The number of carbonyl (C=O) groups excluding carboxylic acids is 2. The predicted octanol–water partition coefficient (Wildman–Crippen LogP) is 4.28. The van der Waals surface area contributed by atoms with Gasteiger partial charge in [0.1, 0.15) is 5.75 Å². The van der Waals surface area contributed by atoms with Crippen molar-refractivity contribution >= 4 is 23.2 Å². The molecule has 0 aromatic heterocycles. The number of benzene rings is 2. The minimum absolute atomic E-state index is 0.0400. The van der Waals surface area contributed by atoms with E-state index in [-0.39, 0.29) is 17.7 Å². The number of nitrogens with zero attached hydrogens (tertiary/aromatic N) is 2. The van der Waals surface area contributed by atoms with E-state index in [0.717, 1.165) is 43.3 Å². The van der Waals surface area contributed by atoms with Gasteiger partial charge in [0.2, 0.25) is 5.91 Å². The van der Waals surface area contributed by atoms with E-state index in [1.807, 2.05) is 55.1 Å². The average molecular weight is 424 g/mol. The Morgan fingerprint density at radius 3 is 2.06 bits per heavy atom. The molecular formula is C25H33N3O3. The fourth-order valence-corrected chi connectivity index (χ4v) is 3.47. The van der Waals surface area contributed by atoms with Gasteiger partial charge >= 0.3 is 0 Å². The number of ether oxygens (including phenoxy) is 1. The van der Waals surface area contributed by atoms with Crippen LogP contribution in [0.5, 0.6) is 5.75 Å². The van der Waals surface area contributed by atoms with E-state index in [1.54, 1.807) is 12.1 Å². The second-order valence-electron chi connectivity index (χ2n) is 8.70. The van der Waals surface area contributed by atoms with Crippen LogP contribution in [0.3, 0.4) is 0 Å². The van der Waals surface area contributed by atoms with Crippen LogP contribution in [0.1, 0.15) is 38.1 Å². The molecule has 6 heteroatoms. The second-order valence-corrected chi connectivity index (χ2v) is 8.70. The lowest BCUT2D eigenvalue weighted by atomic mass is 10.1. The Hall–Kier alpha value is -3.02. The molecule has 166 valence electrons. The molecule has 0 spiro atoms. The van der Waals surface area contributed by atoms with Gasteiger partial charge in [-0.05, 0) is 54.4 Å². The third kappa shape index (κ3) is 6.23. The number of piperazine rings is 1. The van der Waals surface area contributed by atoms with Crippen LogP contribution in [0, 0.1) is 11.8 Å². The molecule has 0 saturated carbocycles. The van der Waals surface area contributed by atoms with Crippen molar-refractivity contribution < 1.29 is 14.3 Å². The number of amides is 2. The standard InChI is InChI=1S/C25H33N3O3/c1-18(2)17-31-23-11-5-20(6-12-23)24(29)26-21-7-9-22(10-8-21)27-13-15-28(16-14-27)25(30)19(3)4/h5-12,18-19H,13-17H2,1-4H3,(H,26,29). The van der Waals surface area contributed by atoms with Crippen molar-refractivity contribution in [2.45, 2.75) is 27.7 Å². The molecule has 1 saturated heterocycles. The minimum Gasteiger partial charge on any atom is -0.493 e. The Morgan fingerprint density at radius 1 is 0.903 bits per heavy atom. The van der Waals surface area contributed by atoms with Crippen LogP contribution in [-0.2, 0) is 4.79 Å². The average Bonchev–Trinajstić information content (AvgIpc) is 2.78. The lowest BCUT2D eigenvalue weighted by Gasteiger charge is -2.37. The van der Waals surface area contributed by atoms with Crippen molar-refractivity contribution in [1.29, 1.82) is 0 Å². The summed E-state index contributed by atoms with van der Waals surface area (Å²) < 4.78 is 5.66. The molecule has 3 rings (SSSR count). The summed E-state index contributed by atoms with van der Waals surface area (Å²) in [6.45, 7) is 11.8. The zero-order valence-electron chi connectivity index (χ0n) is 18.9. The summed E-state index contributed by atoms with van der Waals surface area (Å²) in [4.78, 5) is 28.9. The van der Waals surface area contributed by atoms with Crippen LogP contribution in [-0.4, -0.2) is 49.5 Å². The number of nitrogens with one attached hydrogen (secondary N) is 1. The maximum Gasteiger partial charge on any atom is 0.255 e. The third-order valence-corrected chi connectivity index (χ3v) is 5.28. The first-order valence-corrected chi connectivity index (χ1v) is 11.0. The van der Waals surface area contributed by atoms with Gasteiger partial charge in [0.25, 0.3) is 5.91 Å². The first kappa shape index (κ1) is 22.7. The molecule has 1 aliphatic heterocycles. The summed E-state index contributed by atoms with van der Waals surface area (Å²) in [6.07, 6.45) is 0. The monoisotopic (exact) mass is 423 g/mol. The predicted molar refractivity (Wildman–Crippen MR) is 125 cm³/mol. The SMILES string of the molecule is CC(C)COc1ccc(C(=O)Nc2ccc(N3CCN(C(=O)C(C)C)CC3)cc2)cc1. The highest BCUT2D eigenvalue weighted by molar-refractivity contribution is 6.04. The normalized spacial score (nSPS) is 14.1. The molecule has 1 N–H and O–H groups in total. The fourth-order valence-electron chi connectivity index (χ4n) is 3.47. The van der Waals surface area contributed by atoms with E-state index in [2.05, 4.69) is 24.1 Å². The van der Waals surface area contributed by atoms with E-state index in [9.17, 15) is 9.59 Å². The number of rotatable bonds is 7. The number of anilines is 2. The Kier molecular flexibility index (Phi) is 7.55. The summed E-state index contributed by atoms with van der Waals surface area (Å²) >= 11 is 0. The Labute approximate surface area is 185 Å². The van der Waals surface area contributed by atoms with E-state index >= 15 is 0 Å². The molecule has 0 unspecified atom stereocenters. The quantitative estimate of drug-likeness (QED) is 0.722. The largest absolute Gasteiger partial charge is 0.493 e. The van der Waals surface area contributed by atoms with Crippen molar-refractivity contribution in [2.75, 3.05) is 43.0 Å². The summed E-state index contributed by atoms with van der Waals surface area (Å²) in [6, 6.07) is 15.1. The molecule has 1 aliphatic rings. The van der Waals surface area contributed by atoms with Gasteiger partial charge in [-0.2, -0.15) is 0 Å². The van der Waals surface area contributed by atoms with Crippen LogP contribution < -0.4 is 15.0 Å². The maximum absolute atomic E-state index is 12.5. The topological polar surface area (TPSA) is 61.9 Å². The van der Waals surface area contributed by atoms with Gasteiger partial charge < -0.3 is 19.9 Å². The molecule has 2 amide bonds. The van der Waals surface area contributed by atoms with E-state index in [1.165, 1.54) is 0 Å². The zero-order chi connectivity index (χ0) is 22.4. The van der Waals surface area contributed by atoms with Crippen molar-refractivity contribution in [3.8, 4) is 5.75 Å². The third-order valence-electron chi connectivity index (χ3n) is 5.28. The highest BCUT2D eigenvalue weighted by Gasteiger charge is 2.22. The molecule has 1 fully saturated rings. The van der Waals surface area contributed by atoms with Crippen molar-refractivity contribution in [2.24, 2.45) is 11.8 Å². The zero-order valence-corrected chi connectivity index (χ0v) is 18.9. The molecule has 1 heterocycles. The molecular weight excluding hydrogens is 390 g/mol. The van der Waals surface area contributed by atoms with Crippen LogP contribution >= 0.6 is 0 Å². The van der Waals surface area contributed by atoms with E-state index in [0.29, 0.717) is 18.1 Å². The van der Waals surface area contributed by atoms with Crippen molar-refractivity contribution in [3.63, 3.8) is 0 Å². The second kappa shape index (κ2) is 10.3. The molecule has 0 radical (unpaired) electrons. The first-order chi connectivity index (χ1) is 14.8. The number of carbonyl (C=O) groups is 2. The summed E-state index contributed by atoms with van der Waals surface area (Å²) in [5.41, 5.74) is 2.44. The lowest BCUT2D eigenvalue weighted by Crippen LogP contribution is -2.49. The molecule has 0 aliphatic carbocycles. The number of hydrogen-bond acceptors (Lipinski definition) is 4. The van der Waals surface area contributed by atoms with Gasteiger partial charge in [0, 0.05) is 49.0 Å². The van der Waals surface area contributed by atoms with E-state index in [4.69, 9.17) is 4.74 Å². The van der Waals surface area contributed by atoms with Crippen molar-refractivity contribution in [1.82, 2.24) is 4.90 Å². The van der Waals surface area contributed by atoms with Crippen LogP contribution in [0.2, 0.25) is 0 Å². The maximum atomic E-state index is 12.5. The summed E-state index contributed by atoms with van der Waals surface area (Å²) in [7, 11) is 0. The Balaban J connectivity index is 1.52. The lowest BCUT2D eigenvalue weighted by molar-refractivity contribution is -0.134. The molecule has 0 atom stereocenters. The molecule has 0 bridgehead atoms. The molecule has 2 aromatic rings. The van der Waals surface area contributed by atoms with Gasteiger partial charge in [-0.3, -0.25) is 9.59 Å². The number of hydrogen-bond donors (Lipinski definition) is 1. The van der Waals surface area contributed by atoms with Crippen LogP contribution in [0.15, 0.2) is 48.5 Å².